The molecule has 0 atom stereocenters. The van der Waals surface area contributed by atoms with Crippen molar-refractivity contribution in [3.63, 3.8) is 0 Å². The van der Waals surface area contributed by atoms with Crippen LogP contribution in [0.5, 0.6) is 0 Å². The van der Waals surface area contributed by atoms with Gasteiger partial charge in [-0.05, 0) is 44.0 Å². The number of amides is 2. The molecule has 0 radical (unpaired) electrons. The number of nitrogens with two attached hydrogens (primary N) is 1. The van der Waals surface area contributed by atoms with Gasteiger partial charge >= 0.3 is 6.03 Å². The maximum atomic E-state index is 11.9. The largest absolute Gasteiger partial charge is 0.351 e. The molecule has 0 aliphatic carbocycles. The zero-order valence-corrected chi connectivity index (χ0v) is 13.5. The minimum atomic E-state index is -0.507. The molecule has 0 saturated carbocycles. The van der Waals surface area contributed by atoms with Crippen LogP contribution < -0.4 is 10.6 Å². The van der Waals surface area contributed by atoms with E-state index in [1.807, 2.05) is 48.5 Å². The number of hydrogen-bond acceptors (Lipinski definition) is 1. The number of carbonyl (C=O) groups excluding carboxylic acids is 1. The van der Waals surface area contributed by atoms with Crippen LogP contribution >= 0.6 is 31.9 Å². The SMILES string of the molecule is NC(=O)N1c2ccccc2C(Br)=C(Br)c2ccccc21. The first-order valence-corrected chi connectivity index (χ1v) is 7.53. The molecule has 2 aromatic carbocycles. The van der Waals surface area contributed by atoms with Crippen LogP contribution in [-0.4, -0.2) is 6.03 Å². The van der Waals surface area contributed by atoms with E-state index in [9.17, 15) is 4.79 Å². The predicted octanol–water partition coefficient (Wildman–Crippen LogP) is 4.83. The maximum absolute atomic E-state index is 11.9. The molecule has 2 aromatic rings. The Hall–Kier alpha value is -1.59. The van der Waals surface area contributed by atoms with Gasteiger partial charge in [0.25, 0.3) is 0 Å². The van der Waals surface area contributed by atoms with Crippen molar-refractivity contribution in [2.75, 3.05) is 4.90 Å². The van der Waals surface area contributed by atoms with E-state index in [1.54, 1.807) is 0 Å². The summed E-state index contributed by atoms with van der Waals surface area (Å²) in [4.78, 5) is 13.5. The molecule has 1 heterocycles. The quantitative estimate of drug-likeness (QED) is 0.684. The van der Waals surface area contributed by atoms with E-state index in [0.717, 1.165) is 31.5 Å². The van der Waals surface area contributed by atoms with Crippen LogP contribution in [0.25, 0.3) is 8.96 Å². The highest BCUT2D eigenvalue weighted by molar-refractivity contribution is 9.18. The number of hydrogen-bond donors (Lipinski definition) is 1. The highest BCUT2D eigenvalue weighted by atomic mass is 79.9. The van der Waals surface area contributed by atoms with Gasteiger partial charge in [0.2, 0.25) is 0 Å². The highest BCUT2D eigenvalue weighted by Crippen LogP contribution is 2.47. The Kier molecular flexibility index (Phi) is 3.40. The number of halogens is 2. The minimum absolute atomic E-state index is 0.507. The molecule has 3 nitrogen and oxygen atoms in total. The van der Waals surface area contributed by atoms with E-state index in [4.69, 9.17) is 5.73 Å². The van der Waals surface area contributed by atoms with Crippen LogP contribution in [0.2, 0.25) is 0 Å². The predicted molar refractivity (Wildman–Crippen MR) is 89.3 cm³/mol. The number of carbonyl (C=O) groups is 1. The lowest BCUT2D eigenvalue weighted by Crippen LogP contribution is -2.32. The summed E-state index contributed by atoms with van der Waals surface area (Å²) in [6, 6.07) is 14.8. The number of anilines is 2. The number of benzene rings is 2. The molecule has 0 bridgehead atoms. The summed E-state index contributed by atoms with van der Waals surface area (Å²) in [6.07, 6.45) is 0. The van der Waals surface area contributed by atoms with Crippen molar-refractivity contribution in [3.05, 3.63) is 59.7 Å². The molecule has 3 rings (SSSR count). The van der Waals surface area contributed by atoms with E-state index >= 15 is 0 Å². The molecule has 0 saturated heterocycles. The first-order chi connectivity index (χ1) is 9.61. The Morgan fingerprint density at radius 3 is 1.65 bits per heavy atom. The average Bonchev–Trinajstić information content (AvgIpc) is 2.55. The van der Waals surface area contributed by atoms with Gasteiger partial charge in [-0.25, -0.2) is 4.79 Å². The fourth-order valence-electron chi connectivity index (χ4n) is 2.31. The third kappa shape index (κ3) is 1.98. The van der Waals surface area contributed by atoms with Gasteiger partial charge in [-0.3, -0.25) is 4.90 Å². The number of primary amides is 1. The van der Waals surface area contributed by atoms with Crippen molar-refractivity contribution < 1.29 is 4.79 Å². The lowest BCUT2D eigenvalue weighted by atomic mass is 10.1. The highest BCUT2D eigenvalue weighted by Gasteiger charge is 2.27. The standard InChI is InChI=1S/C15H10Br2N2O/c16-13-9-5-1-3-7-11(9)19(15(18)20)12-8-4-2-6-10(12)14(13)17/h1-8H,(H2,18,20). The van der Waals surface area contributed by atoms with Gasteiger partial charge in [0.15, 0.2) is 0 Å². The van der Waals surface area contributed by atoms with Crippen LogP contribution in [0, 0.1) is 0 Å². The third-order valence-electron chi connectivity index (χ3n) is 3.18. The minimum Gasteiger partial charge on any atom is -0.351 e. The van der Waals surface area contributed by atoms with Crippen LogP contribution in [0.3, 0.4) is 0 Å². The van der Waals surface area contributed by atoms with E-state index in [1.165, 1.54) is 4.90 Å². The van der Waals surface area contributed by atoms with E-state index in [2.05, 4.69) is 31.9 Å². The molecule has 0 unspecified atom stereocenters. The fraction of sp³-hybridized carbons (Fsp3) is 0. The molecular formula is C15H10Br2N2O. The molecule has 0 aromatic heterocycles. The number of fused-ring (bicyclic) bond motifs is 2. The molecule has 0 fully saturated rings. The Bertz CT molecular complexity index is 685. The third-order valence-corrected chi connectivity index (χ3v) is 5.36. The van der Waals surface area contributed by atoms with E-state index in [-0.39, 0.29) is 0 Å². The number of rotatable bonds is 0. The first kappa shape index (κ1) is 13.4. The number of para-hydroxylation sites is 2. The Labute approximate surface area is 133 Å². The second-order valence-electron chi connectivity index (χ2n) is 4.34. The lowest BCUT2D eigenvalue weighted by molar-refractivity contribution is 0.256. The van der Waals surface area contributed by atoms with E-state index < -0.39 is 6.03 Å². The summed E-state index contributed by atoms with van der Waals surface area (Å²) in [7, 11) is 0. The number of nitrogens with zero attached hydrogens (tertiary/aromatic N) is 1. The number of urea groups is 1. The van der Waals surface area contributed by atoms with Gasteiger partial charge in [-0.15, -0.1) is 0 Å². The first-order valence-electron chi connectivity index (χ1n) is 5.95. The molecule has 100 valence electrons. The second-order valence-corrected chi connectivity index (χ2v) is 5.92. The molecule has 20 heavy (non-hydrogen) atoms. The summed E-state index contributed by atoms with van der Waals surface area (Å²) in [6.45, 7) is 0. The maximum Gasteiger partial charge on any atom is 0.323 e. The van der Waals surface area contributed by atoms with Gasteiger partial charge in [0.1, 0.15) is 0 Å². The van der Waals surface area contributed by atoms with E-state index in [0.29, 0.717) is 0 Å². The molecule has 1 aliphatic rings. The van der Waals surface area contributed by atoms with Crippen LogP contribution in [-0.2, 0) is 0 Å². The molecular weight excluding hydrogens is 384 g/mol. The average molecular weight is 394 g/mol. The normalized spacial score (nSPS) is 13.6. The molecule has 2 amide bonds. The van der Waals surface area contributed by atoms with Crippen LogP contribution in [0.4, 0.5) is 16.2 Å². The van der Waals surface area contributed by atoms with Gasteiger partial charge in [-0.2, -0.15) is 0 Å². The van der Waals surface area contributed by atoms with Crippen molar-refractivity contribution in [1.29, 1.82) is 0 Å². The summed E-state index contributed by atoms with van der Waals surface area (Å²) in [5.74, 6) is 0. The topological polar surface area (TPSA) is 46.3 Å². The zero-order chi connectivity index (χ0) is 14.3. The van der Waals surface area contributed by atoms with Crippen molar-refractivity contribution >= 4 is 58.2 Å². The molecule has 5 heteroatoms. The Balaban J connectivity index is 2.42. The fourth-order valence-corrected chi connectivity index (χ4v) is 3.41. The lowest BCUT2D eigenvalue weighted by Gasteiger charge is -2.22. The van der Waals surface area contributed by atoms with Gasteiger partial charge < -0.3 is 5.73 Å². The molecule has 2 N–H and O–H groups in total. The summed E-state index contributed by atoms with van der Waals surface area (Å²) in [5.41, 5.74) is 8.93. The van der Waals surface area contributed by atoms with Crippen LogP contribution in [0.1, 0.15) is 11.1 Å². The second kappa shape index (κ2) is 5.07. The monoisotopic (exact) mass is 392 g/mol. The van der Waals surface area contributed by atoms with Crippen molar-refractivity contribution in [1.82, 2.24) is 0 Å². The Morgan fingerprint density at radius 1 is 0.850 bits per heavy atom. The molecule has 0 spiro atoms. The Morgan fingerprint density at radius 2 is 1.25 bits per heavy atom. The van der Waals surface area contributed by atoms with Gasteiger partial charge in [0, 0.05) is 20.1 Å². The molecule has 1 aliphatic heterocycles. The van der Waals surface area contributed by atoms with Gasteiger partial charge in [0.05, 0.1) is 11.4 Å². The summed E-state index contributed by atoms with van der Waals surface area (Å²) in [5, 5.41) is 0. The summed E-state index contributed by atoms with van der Waals surface area (Å²) >= 11 is 7.21. The zero-order valence-electron chi connectivity index (χ0n) is 10.3. The van der Waals surface area contributed by atoms with Gasteiger partial charge in [-0.1, -0.05) is 36.4 Å². The summed E-state index contributed by atoms with van der Waals surface area (Å²) < 4.78 is 1.79. The van der Waals surface area contributed by atoms with Crippen molar-refractivity contribution in [2.24, 2.45) is 5.73 Å². The smallest absolute Gasteiger partial charge is 0.323 e. The van der Waals surface area contributed by atoms with Crippen molar-refractivity contribution in [3.8, 4) is 0 Å². The van der Waals surface area contributed by atoms with Crippen LogP contribution in [0.15, 0.2) is 48.5 Å². The van der Waals surface area contributed by atoms with Crippen molar-refractivity contribution in [2.45, 2.75) is 0 Å².